The molecule has 0 saturated heterocycles. The molecule has 0 aliphatic rings. The van der Waals surface area contributed by atoms with Crippen molar-refractivity contribution in [2.45, 2.75) is 32.7 Å². The quantitative estimate of drug-likeness (QED) is 0.611. The average molecular weight is 219 g/mol. The van der Waals surface area contributed by atoms with Gasteiger partial charge < -0.3 is 10.7 Å². The van der Waals surface area contributed by atoms with E-state index < -0.39 is 0 Å². The van der Waals surface area contributed by atoms with E-state index in [2.05, 4.69) is 11.9 Å². The number of nitrogen functional groups attached to an aromatic ring is 1. The van der Waals surface area contributed by atoms with Gasteiger partial charge in [-0.1, -0.05) is 19.8 Å². The van der Waals surface area contributed by atoms with E-state index in [0.717, 1.165) is 36.8 Å². The zero-order valence-corrected chi connectivity index (χ0v) is 9.49. The van der Waals surface area contributed by atoms with E-state index >= 15 is 0 Å². The number of fused-ring (bicyclic) bond motifs is 1. The van der Waals surface area contributed by atoms with Crippen LogP contribution in [0.5, 0.6) is 0 Å². The van der Waals surface area contributed by atoms with E-state index in [4.69, 9.17) is 5.73 Å². The fraction of sp³-hybridized carbons (Fsp3) is 0.417. The molecule has 86 valence electrons. The second kappa shape index (κ2) is 4.43. The standard InChI is InChI=1S/C12H17N3O/c1-2-3-4-7-15-11-8-9(13)5-6-10(11)14-12(15)16/h5-6,8H,2-4,7,13H2,1H3,(H,14,16). The largest absolute Gasteiger partial charge is 0.399 e. The first kappa shape index (κ1) is 10.8. The molecule has 0 aliphatic carbocycles. The zero-order valence-electron chi connectivity index (χ0n) is 9.49. The number of nitrogens with zero attached hydrogens (tertiary/aromatic N) is 1. The van der Waals surface area contributed by atoms with Gasteiger partial charge in [-0.2, -0.15) is 0 Å². The van der Waals surface area contributed by atoms with Crippen LogP contribution in [0, 0.1) is 0 Å². The Balaban J connectivity index is 2.38. The number of nitrogens with one attached hydrogen (secondary N) is 1. The van der Waals surface area contributed by atoms with Crippen molar-refractivity contribution in [2.24, 2.45) is 0 Å². The van der Waals surface area contributed by atoms with Crippen molar-refractivity contribution in [1.82, 2.24) is 9.55 Å². The predicted molar refractivity (Wildman–Crippen MR) is 66.5 cm³/mol. The van der Waals surface area contributed by atoms with Crippen LogP contribution in [0.1, 0.15) is 26.2 Å². The van der Waals surface area contributed by atoms with Gasteiger partial charge in [0.15, 0.2) is 0 Å². The summed E-state index contributed by atoms with van der Waals surface area (Å²) < 4.78 is 1.77. The van der Waals surface area contributed by atoms with Crippen LogP contribution in [0.25, 0.3) is 11.0 Å². The number of hydrogen-bond acceptors (Lipinski definition) is 2. The van der Waals surface area contributed by atoms with Gasteiger partial charge in [0, 0.05) is 12.2 Å². The summed E-state index contributed by atoms with van der Waals surface area (Å²) in [6.45, 7) is 2.91. The lowest BCUT2D eigenvalue weighted by molar-refractivity contribution is 0.601. The van der Waals surface area contributed by atoms with E-state index in [9.17, 15) is 4.79 Å². The highest BCUT2D eigenvalue weighted by atomic mass is 16.1. The topological polar surface area (TPSA) is 63.8 Å². The zero-order chi connectivity index (χ0) is 11.5. The van der Waals surface area contributed by atoms with Gasteiger partial charge in [0.2, 0.25) is 0 Å². The van der Waals surface area contributed by atoms with Crippen molar-refractivity contribution in [3.63, 3.8) is 0 Å². The summed E-state index contributed by atoms with van der Waals surface area (Å²) >= 11 is 0. The Labute approximate surface area is 94.1 Å². The molecule has 2 aromatic rings. The third-order valence-corrected chi connectivity index (χ3v) is 2.78. The van der Waals surface area contributed by atoms with Crippen molar-refractivity contribution in [1.29, 1.82) is 0 Å². The second-order valence-corrected chi connectivity index (χ2v) is 4.07. The number of H-pyrrole nitrogens is 1. The van der Waals surface area contributed by atoms with Crippen molar-refractivity contribution in [3.8, 4) is 0 Å². The summed E-state index contributed by atoms with van der Waals surface area (Å²) in [5.74, 6) is 0. The average Bonchev–Trinajstić information content (AvgIpc) is 2.56. The first-order chi connectivity index (χ1) is 7.72. The molecule has 0 aliphatic heterocycles. The molecule has 0 amide bonds. The maximum absolute atomic E-state index is 11.7. The molecule has 2 rings (SSSR count). The number of imidazole rings is 1. The SMILES string of the molecule is CCCCCn1c(=O)[nH]c2ccc(N)cc21. The number of anilines is 1. The van der Waals surface area contributed by atoms with Gasteiger partial charge in [-0.3, -0.25) is 4.57 Å². The second-order valence-electron chi connectivity index (χ2n) is 4.07. The van der Waals surface area contributed by atoms with Gasteiger partial charge in [0.1, 0.15) is 0 Å². The molecule has 0 saturated carbocycles. The van der Waals surface area contributed by atoms with Crippen LogP contribution in [0.3, 0.4) is 0 Å². The van der Waals surface area contributed by atoms with Crippen LogP contribution in [0.4, 0.5) is 5.69 Å². The number of benzene rings is 1. The molecule has 0 unspecified atom stereocenters. The number of aryl methyl sites for hydroxylation is 1. The van der Waals surface area contributed by atoms with Crippen LogP contribution in [-0.2, 0) is 6.54 Å². The maximum atomic E-state index is 11.7. The molecule has 4 nitrogen and oxygen atoms in total. The first-order valence-corrected chi connectivity index (χ1v) is 5.70. The van der Waals surface area contributed by atoms with E-state index in [-0.39, 0.29) is 5.69 Å². The number of nitrogens with two attached hydrogens (primary N) is 1. The molecule has 0 radical (unpaired) electrons. The summed E-state index contributed by atoms with van der Waals surface area (Å²) in [5.41, 5.74) is 8.13. The summed E-state index contributed by atoms with van der Waals surface area (Å²) in [6, 6.07) is 5.50. The molecular formula is C12H17N3O. The number of rotatable bonds is 4. The van der Waals surface area contributed by atoms with Crippen LogP contribution >= 0.6 is 0 Å². The minimum atomic E-state index is -0.0447. The Hall–Kier alpha value is -1.71. The predicted octanol–water partition coefficient (Wildman–Crippen LogP) is 2.10. The van der Waals surface area contributed by atoms with E-state index in [1.165, 1.54) is 0 Å². The number of unbranched alkanes of at least 4 members (excludes halogenated alkanes) is 2. The van der Waals surface area contributed by atoms with E-state index in [0.29, 0.717) is 5.69 Å². The van der Waals surface area contributed by atoms with E-state index in [1.807, 2.05) is 12.1 Å². The first-order valence-electron chi connectivity index (χ1n) is 5.70. The Morgan fingerprint density at radius 2 is 2.19 bits per heavy atom. The summed E-state index contributed by atoms with van der Waals surface area (Å²) in [4.78, 5) is 14.5. The van der Waals surface area contributed by atoms with Crippen molar-refractivity contribution < 1.29 is 0 Å². The smallest absolute Gasteiger partial charge is 0.326 e. The third-order valence-electron chi connectivity index (χ3n) is 2.78. The molecule has 1 heterocycles. The Bertz CT molecular complexity index is 539. The van der Waals surface area contributed by atoms with Crippen molar-refractivity contribution in [3.05, 3.63) is 28.7 Å². The van der Waals surface area contributed by atoms with Gasteiger partial charge >= 0.3 is 5.69 Å². The normalized spacial score (nSPS) is 11.1. The van der Waals surface area contributed by atoms with Crippen LogP contribution in [0.2, 0.25) is 0 Å². The summed E-state index contributed by atoms with van der Waals surface area (Å²) in [5, 5.41) is 0. The molecule has 0 fully saturated rings. The van der Waals surface area contributed by atoms with Gasteiger partial charge in [0.05, 0.1) is 11.0 Å². The number of aromatic nitrogens is 2. The monoisotopic (exact) mass is 219 g/mol. The van der Waals surface area contributed by atoms with Crippen LogP contribution in [0.15, 0.2) is 23.0 Å². The lowest BCUT2D eigenvalue weighted by atomic mass is 10.2. The molecule has 3 N–H and O–H groups in total. The van der Waals surface area contributed by atoms with Crippen LogP contribution < -0.4 is 11.4 Å². The van der Waals surface area contributed by atoms with Crippen molar-refractivity contribution >= 4 is 16.7 Å². The maximum Gasteiger partial charge on any atom is 0.326 e. The molecule has 0 spiro atoms. The molecule has 0 bridgehead atoms. The summed E-state index contributed by atoms with van der Waals surface area (Å²) in [6.07, 6.45) is 3.32. The molecule has 0 atom stereocenters. The fourth-order valence-corrected chi connectivity index (χ4v) is 1.91. The lowest BCUT2D eigenvalue weighted by Crippen LogP contribution is -2.16. The van der Waals surface area contributed by atoms with Gasteiger partial charge in [-0.25, -0.2) is 4.79 Å². The highest BCUT2D eigenvalue weighted by Gasteiger charge is 2.05. The van der Waals surface area contributed by atoms with Crippen molar-refractivity contribution in [2.75, 3.05) is 5.73 Å². The number of hydrogen-bond donors (Lipinski definition) is 2. The highest BCUT2D eigenvalue weighted by Crippen LogP contribution is 2.14. The molecule has 1 aromatic heterocycles. The van der Waals surface area contributed by atoms with Gasteiger partial charge in [0.25, 0.3) is 0 Å². The Morgan fingerprint density at radius 1 is 1.38 bits per heavy atom. The molecule has 4 heteroatoms. The van der Waals surface area contributed by atoms with Crippen LogP contribution in [-0.4, -0.2) is 9.55 Å². The summed E-state index contributed by atoms with van der Waals surface area (Å²) in [7, 11) is 0. The highest BCUT2D eigenvalue weighted by molar-refractivity contribution is 5.78. The molecular weight excluding hydrogens is 202 g/mol. The molecule has 1 aromatic carbocycles. The third kappa shape index (κ3) is 1.96. The fourth-order valence-electron chi connectivity index (χ4n) is 1.91. The lowest BCUT2D eigenvalue weighted by Gasteiger charge is -2.02. The minimum Gasteiger partial charge on any atom is -0.399 e. The molecule has 16 heavy (non-hydrogen) atoms. The minimum absolute atomic E-state index is 0.0447. The Kier molecular flexibility index (Phi) is 2.99. The number of aromatic amines is 1. The van der Waals surface area contributed by atoms with Gasteiger partial charge in [-0.15, -0.1) is 0 Å². The van der Waals surface area contributed by atoms with Gasteiger partial charge in [-0.05, 0) is 24.6 Å². The Morgan fingerprint density at radius 3 is 2.94 bits per heavy atom. The van der Waals surface area contributed by atoms with E-state index in [1.54, 1.807) is 10.6 Å².